The fourth-order valence-corrected chi connectivity index (χ4v) is 1.77. The van der Waals surface area contributed by atoms with Crippen molar-refractivity contribution in [1.29, 1.82) is 5.26 Å². The van der Waals surface area contributed by atoms with Crippen molar-refractivity contribution in [3.63, 3.8) is 0 Å². The third-order valence-electron chi connectivity index (χ3n) is 2.91. The number of carbonyl (C=O) groups is 1. The molecule has 1 amide bonds. The summed E-state index contributed by atoms with van der Waals surface area (Å²) in [5, 5.41) is 15.0. The molecule has 1 rings (SSSR count). The van der Waals surface area contributed by atoms with E-state index in [-0.39, 0.29) is 11.9 Å². The second-order valence-corrected chi connectivity index (χ2v) is 4.82. The molecule has 2 N–H and O–H groups in total. The smallest absolute Gasteiger partial charge is 0.216 e. The lowest BCUT2D eigenvalue weighted by atomic mass is 9.99. The third kappa shape index (κ3) is 5.11. The standard InChI is InChI=1S/C15H21N3O/c1-11(2)13-4-6-14(7-5-13)15(10-16)18-9-8-17-12(3)19/h4-7,11,15,18H,8-9H2,1-3H3,(H,17,19). The lowest BCUT2D eigenvalue weighted by Crippen LogP contribution is -2.32. The van der Waals surface area contributed by atoms with Crippen LogP contribution in [0.4, 0.5) is 0 Å². The predicted octanol–water partition coefficient (Wildman–Crippen LogP) is 2.10. The Balaban J connectivity index is 2.55. The summed E-state index contributed by atoms with van der Waals surface area (Å²) in [5.74, 6) is 0.430. The molecule has 0 aliphatic heterocycles. The van der Waals surface area contributed by atoms with Crippen LogP contribution < -0.4 is 10.6 Å². The zero-order valence-corrected chi connectivity index (χ0v) is 11.7. The van der Waals surface area contributed by atoms with Crippen molar-refractivity contribution in [3.05, 3.63) is 35.4 Å². The number of nitriles is 1. The molecular weight excluding hydrogens is 238 g/mol. The maximum atomic E-state index is 10.7. The highest BCUT2D eigenvalue weighted by atomic mass is 16.1. The van der Waals surface area contributed by atoms with Crippen LogP contribution in [0.3, 0.4) is 0 Å². The molecule has 102 valence electrons. The van der Waals surface area contributed by atoms with E-state index < -0.39 is 0 Å². The van der Waals surface area contributed by atoms with Crippen LogP contribution in [0.1, 0.15) is 43.9 Å². The second kappa shape index (κ2) is 7.55. The molecule has 0 spiro atoms. The summed E-state index contributed by atoms with van der Waals surface area (Å²) in [4.78, 5) is 10.7. The Morgan fingerprint density at radius 3 is 2.26 bits per heavy atom. The first kappa shape index (κ1) is 15.2. The zero-order chi connectivity index (χ0) is 14.3. The van der Waals surface area contributed by atoms with Gasteiger partial charge in [0.2, 0.25) is 5.91 Å². The number of nitrogens with one attached hydrogen (secondary N) is 2. The fourth-order valence-electron chi connectivity index (χ4n) is 1.77. The maximum Gasteiger partial charge on any atom is 0.216 e. The van der Waals surface area contributed by atoms with Gasteiger partial charge in [-0.1, -0.05) is 38.1 Å². The molecule has 0 saturated heterocycles. The van der Waals surface area contributed by atoms with E-state index in [0.717, 1.165) is 5.56 Å². The van der Waals surface area contributed by atoms with Crippen LogP contribution in [0, 0.1) is 11.3 Å². The van der Waals surface area contributed by atoms with Crippen molar-refractivity contribution in [2.75, 3.05) is 13.1 Å². The predicted molar refractivity (Wildman–Crippen MR) is 75.6 cm³/mol. The van der Waals surface area contributed by atoms with Gasteiger partial charge in [0.15, 0.2) is 0 Å². The number of hydrogen-bond donors (Lipinski definition) is 2. The highest BCUT2D eigenvalue weighted by Crippen LogP contribution is 2.18. The van der Waals surface area contributed by atoms with Crippen molar-refractivity contribution in [1.82, 2.24) is 10.6 Å². The number of amides is 1. The molecular formula is C15H21N3O. The van der Waals surface area contributed by atoms with E-state index in [1.807, 2.05) is 12.1 Å². The van der Waals surface area contributed by atoms with Crippen LogP contribution in [0.2, 0.25) is 0 Å². The van der Waals surface area contributed by atoms with Gasteiger partial charge in [0, 0.05) is 20.0 Å². The molecule has 0 aliphatic rings. The Morgan fingerprint density at radius 1 is 1.21 bits per heavy atom. The summed E-state index contributed by atoms with van der Waals surface area (Å²) in [5.41, 5.74) is 2.22. The van der Waals surface area contributed by atoms with Gasteiger partial charge in [-0.2, -0.15) is 5.26 Å². The van der Waals surface area contributed by atoms with E-state index in [4.69, 9.17) is 5.26 Å². The van der Waals surface area contributed by atoms with Crippen LogP contribution in [0.25, 0.3) is 0 Å². The van der Waals surface area contributed by atoms with Crippen molar-refractivity contribution in [3.8, 4) is 6.07 Å². The number of benzene rings is 1. The first-order valence-corrected chi connectivity index (χ1v) is 6.52. The van der Waals surface area contributed by atoms with Gasteiger partial charge < -0.3 is 5.32 Å². The van der Waals surface area contributed by atoms with Crippen LogP contribution in [-0.4, -0.2) is 19.0 Å². The summed E-state index contributed by atoms with van der Waals surface area (Å²) in [6.07, 6.45) is 0. The number of carbonyl (C=O) groups excluding carboxylic acids is 1. The summed E-state index contributed by atoms with van der Waals surface area (Å²) in [7, 11) is 0. The molecule has 0 heterocycles. The van der Waals surface area contributed by atoms with Gasteiger partial charge in [0.25, 0.3) is 0 Å². The van der Waals surface area contributed by atoms with E-state index in [0.29, 0.717) is 19.0 Å². The van der Waals surface area contributed by atoms with Crippen LogP contribution >= 0.6 is 0 Å². The van der Waals surface area contributed by atoms with E-state index in [1.54, 1.807) is 0 Å². The number of nitrogens with zero attached hydrogens (tertiary/aromatic N) is 1. The largest absolute Gasteiger partial charge is 0.355 e. The number of rotatable bonds is 6. The molecule has 0 bridgehead atoms. The summed E-state index contributed by atoms with van der Waals surface area (Å²) >= 11 is 0. The highest BCUT2D eigenvalue weighted by molar-refractivity contribution is 5.72. The van der Waals surface area contributed by atoms with E-state index >= 15 is 0 Å². The molecule has 4 heteroatoms. The molecule has 0 saturated carbocycles. The molecule has 1 atom stereocenters. The normalized spacial score (nSPS) is 11.9. The molecule has 0 aliphatic carbocycles. The molecule has 0 aromatic heterocycles. The first-order chi connectivity index (χ1) is 9.04. The molecule has 1 aromatic rings. The SMILES string of the molecule is CC(=O)NCCNC(C#N)c1ccc(C(C)C)cc1. The minimum atomic E-state index is -0.338. The highest BCUT2D eigenvalue weighted by Gasteiger charge is 2.09. The maximum absolute atomic E-state index is 10.7. The van der Waals surface area contributed by atoms with E-state index in [9.17, 15) is 4.79 Å². The summed E-state index contributed by atoms with van der Waals surface area (Å²) < 4.78 is 0. The molecule has 1 unspecified atom stereocenters. The van der Waals surface area contributed by atoms with Crippen LogP contribution in [-0.2, 0) is 4.79 Å². The second-order valence-electron chi connectivity index (χ2n) is 4.82. The average Bonchev–Trinajstić information content (AvgIpc) is 2.39. The van der Waals surface area contributed by atoms with Crippen molar-refractivity contribution >= 4 is 5.91 Å². The Hall–Kier alpha value is -1.86. The number of hydrogen-bond acceptors (Lipinski definition) is 3. The molecule has 1 aromatic carbocycles. The van der Waals surface area contributed by atoms with Gasteiger partial charge in [0.1, 0.15) is 6.04 Å². The Kier molecular flexibility index (Phi) is 6.04. The van der Waals surface area contributed by atoms with Gasteiger partial charge in [-0.3, -0.25) is 10.1 Å². The quantitative estimate of drug-likeness (QED) is 0.769. The van der Waals surface area contributed by atoms with E-state index in [2.05, 4.69) is 42.7 Å². The monoisotopic (exact) mass is 259 g/mol. The minimum Gasteiger partial charge on any atom is -0.355 e. The van der Waals surface area contributed by atoms with Crippen molar-refractivity contribution in [2.45, 2.75) is 32.7 Å². The molecule has 4 nitrogen and oxygen atoms in total. The van der Waals surface area contributed by atoms with Crippen molar-refractivity contribution in [2.24, 2.45) is 0 Å². The first-order valence-electron chi connectivity index (χ1n) is 6.52. The Labute approximate surface area is 114 Å². The summed E-state index contributed by atoms with van der Waals surface area (Å²) in [6.45, 7) is 6.86. The van der Waals surface area contributed by atoms with Gasteiger partial charge in [-0.15, -0.1) is 0 Å². The minimum absolute atomic E-state index is 0.0587. The molecule has 0 radical (unpaired) electrons. The molecule has 19 heavy (non-hydrogen) atoms. The lowest BCUT2D eigenvalue weighted by Gasteiger charge is -2.13. The van der Waals surface area contributed by atoms with Crippen LogP contribution in [0.15, 0.2) is 24.3 Å². The lowest BCUT2D eigenvalue weighted by molar-refractivity contribution is -0.118. The van der Waals surface area contributed by atoms with Crippen molar-refractivity contribution < 1.29 is 4.79 Å². The third-order valence-corrected chi connectivity index (χ3v) is 2.91. The fraction of sp³-hybridized carbons (Fsp3) is 0.467. The average molecular weight is 259 g/mol. The van der Waals surface area contributed by atoms with Crippen LogP contribution in [0.5, 0.6) is 0 Å². The van der Waals surface area contributed by atoms with Gasteiger partial charge >= 0.3 is 0 Å². The van der Waals surface area contributed by atoms with Gasteiger partial charge in [-0.05, 0) is 17.0 Å². The van der Waals surface area contributed by atoms with Gasteiger partial charge in [0.05, 0.1) is 6.07 Å². The topological polar surface area (TPSA) is 64.9 Å². The zero-order valence-electron chi connectivity index (χ0n) is 11.7. The van der Waals surface area contributed by atoms with Gasteiger partial charge in [-0.25, -0.2) is 0 Å². The Morgan fingerprint density at radius 2 is 1.79 bits per heavy atom. The summed E-state index contributed by atoms with van der Waals surface area (Å²) in [6, 6.07) is 9.97. The molecule has 0 fully saturated rings. The van der Waals surface area contributed by atoms with E-state index in [1.165, 1.54) is 12.5 Å². The Bertz CT molecular complexity index is 445.